The van der Waals surface area contributed by atoms with Crippen molar-refractivity contribution in [3.63, 3.8) is 0 Å². The van der Waals surface area contributed by atoms with Gasteiger partial charge in [-0.05, 0) is 31.2 Å². The number of nitrogen functional groups attached to an aromatic ring is 1. The predicted molar refractivity (Wildman–Crippen MR) is 81.7 cm³/mol. The second-order valence-corrected chi connectivity index (χ2v) is 4.83. The summed E-state index contributed by atoms with van der Waals surface area (Å²) in [5.41, 5.74) is 6.89. The first kappa shape index (κ1) is 14.8. The van der Waals surface area contributed by atoms with Gasteiger partial charge in [-0.15, -0.1) is 0 Å². The molecule has 0 radical (unpaired) electrons. The Kier molecular flexibility index (Phi) is 4.09. The van der Waals surface area contributed by atoms with E-state index in [9.17, 15) is 14.9 Å². The lowest BCUT2D eigenvalue weighted by atomic mass is 10.1. The third-order valence-electron chi connectivity index (χ3n) is 3.01. The van der Waals surface area contributed by atoms with Crippen LogP contribution in [0.1, 0.15) is 15.9 Å². The van der Waals surface area contributed by atoms with Gasteiger partial charge in [-0.25, -0.2) is 0 Å². The van der Waals surface area contributed by atoms with E-state index >= 15 is 0 Å². The summed E-state index contributed by atoms with van der Waals surface area (Å²) < 4.78 is 0. The highest BCUT2D eigenvalue weighted by Gasteiger charge is 2.16. The lowest BCUT2D eigenvalue weighted by Gasteiger charge is -2.10. The van der Waals surface area contributed by atoms with Crippen LogP contribution in [-0.2, 0) is 0 Å². The Bertz CT molecular complexity index is 731. The van der Waals surface area contributed by atoms with Gasteiger partial charge in [0.25, 0.3) is 11.6 Å². The van der Waals surface area contributed by atoms with E-state index in [-0.39, 0.29) is 16.9 Å². The van der Waals surface area contributed by atoms with Crippen LogP contribution < -0.4 is 11.1 Å². The Balaban J connectivity index is 2.34. The van der Waals surface area contributed by atoms with Gasteiger partial charge in [-0.2, -0.15) is 0 Å². The molecule has 1 amide bonds. The smallest absolute Gasteiger partial charge is 0.274 e. The van der Waals surface area contributed by atoms with Crippen molar-refractivity contribution in [1.82, 2.24) is 0 Å². The molecule has 0 atom stereocenters. The number of nitro benzene ring substituents is 1. The minimum Gasteiger partial charge on any atom is -0.398 e. The van der Waals surface area contributed by atoms with Crippen molar-refractivity contribution in [2.75, 3.05) is 11.1 Å². The highest BCUT2D eigenvalue weighted by molar-refractivity contribution is 6.31. The number of nitrogens with zero attached hydrogens (tertiary/aromatic N) is 1. The van der Waals surface area contributed by atoms with Crippen LogP contribution in [0.25, 0.3) is 0 Å². The van der Waals surface area contributed by atoms with E-state index < -0.39 is 10.8 Å². The number of halogens is 1. The summed E-state index contributed by atoms with van der Waals surface area (Å²) in [6, 6.07) is 9.00. The average molecular weight is 306 g/mol. The number of rotatable bonds is 3. The molecule has 3 N–H and O–H groups in total. The van der Waals surface area contributed by atoms with E-state index in [4.69, 9.17) is 17.3 Å². The number of hydrogen-bond acceptors (Lipinski definition) is 4. The Morgan fingerprint density at radius 3 is 2.71 bits per heavy atom. The lowest BCUT2D eigenvalue weighted by molar-refractivity contribution is -0.385. The van der Waals surface area contributed by atoms with Gasteiger partial charge in [-0.1, -0.05) is 17.7 Å². The molecule has 0 saturated carbocycles. The Hall–Kier alpha value is -2.60. The van der Waals surface area contributed by atoms with Gasteiger partial charge >= 0.3 is 0 Å². The minimum atomic E-state index is -0.501. The zero-order valence-corrected chi connectivity index (χ0v) is 11.8. The first-order valence-electron chi connectivity index (χ1n) is 6.00. The zero-order chi connectivity index (χ0) is 15.6. The number of anilines is 2. The van der Waals surface area contributed by atoms with Gasteiger partial charge in [0.1, 0.15) is 0 Å². The molecule has 6 nitrogen and oxygen atoms in total. The van der Waals surface area contributed by atoms with Gasteiger partial charge in [0.05, 0.1) is 21.7 Å². The molecule has 0 heterocycles. The summed E-state index contributed by atoms with van der Waals surface area (Å²) in [6.45, 7) is 1.56. The number of benzene rings is 2. The topological polar surface area (TPSA) is 98.3 Å². The molecule has 2 rings (SSSR count). The maximum Gasteiger partial charge on any atom is 0.274 e. The summed E-state index contributed by atoms with van der Waals surface area (Å²) in [6.07, 6.45) is 0. The number of carbonyl (C=O) groups excluding carboxylic acids is 1. The molecular formula is C14H12ClN3O3. The largest absolute Gasteiger partial charge is 0.398 e. The summed E-state index contributed by atoms with van der Waals surface area (Å²) in [5, 5.41) is 13.9. The second kappa shape index (κ2) is 5.80. The Labute approximate surface area is 125 Å². The number of amides is 1. The van der Waals surface area contributed by atoms with Gasteiger partial charge < -0.3 is 11.1 Å². The molecule has 2 aromatic carbocycles. The quantitative estimate of drug-likeness (QED) is 0.516. The number of carbonyl (C=O) groups is 1. The third kappa shape index (κ3) is 3.11. The first-order valence-corrected chi connectivity index (χ1v) is 6.38. The Morgan fingerprint density at radius 2 is 2.05 bits per heavy atom. The van der Waals surface area contributed by atoms with Crippen LogP contribution in [0.4, 0.5) is 17.1 Å². The van der Waals surface area contributed by atoms with Crippen LogP contribution >= 0.6 is 11.6 Å². The maximum absolute atomic E-state index is 12.2. The van der Waals surface area contributed by atoms with Crippen LogP contribution in [0.15, 0.2) is 36.4 Å². The fourth-order valence-electron chi connectivity index (χ4n) is 1.87. The first-order chi connectivity index (χ1) is 9.90. The van der Waals surface area contributed by atoms with Crippen LogP contribution in [-0.4, -0.2) is 10.8 Å². The van der Waals surface area contributed by atoms with E-state index in [1.165, 1.54) is 24.3 Å². The van der Waals surface area contributed by atoms with Crippen molar-refractivity contribution < 1.29 is 9.72 Å². The third-order valence-corrected chi connectivity index (χ3v) is 3.25. The monoisotopic (exact) mass is 305 g/mol. The van der Waals surface area contributed by atoms with Crippen molar-refractivity contribution >= 4 is 34.6 Å². The number of nitrogens with one attached hydrogen (secondary N) is 1. The molecular weight excluding hydrogens is 294 g/mol. The predicted octanol–water partition coefficient (Wildman–Crippen LogP) is 3.39. The van der Waals surface area contributed by atoms with Crippen LogP contribution in [0.2, 0.25) is 5.02 Å². The summed E-state index contributed by atoms with van der Waals surface area (Å²) >= 11 is 5.84. The Morgan fingerprint density at radius 1 is 1.33 bits per heavy atom. The molecule has 0 aliphatic rings. The lowest BCUT2D eigenvalue weighted by Crippen LogP contribution is -2.15. The summed E-state index contributed by atoms with van der Waals surface area (Å²) in [5.74, 6) is -0.474. The van der Waals surface area contributed by atoms with E-state index in [0.29, 0.717) is 16.3 Å². The average Bonchev–Trinajstić information content (AvgIpc) is 2.43. The van der Waals surface area contributed by atoms with Gasteiger partial charge in [-0.3, -0.25) is 14.9 Å². The highest BCUT2D eigenvalue weighted by Crippen LogP contribution is 2.26. The fourth-order valence-corrected chi connectivity index (χ4v) is 2.04. The molecule has 0 bridgehead atoms. The van der Waals surface area contributed by atoms with E-state index in [1.54, 1.807) is 19.1 Å². The van der Waals surface area contributed by atoms with Crippen LogP contribution in [0.5, 0.6) is 0 Å². The number of nitro groups is 1. The molecule has 0 spiro atoms. The molecule has 21 heavy (non-hydrogen) atoms. The molecule has 2 aromatic rings. The molecule has 108 valence electrons. The van der Waals surface area contributed by atoms with Crippen LogP contribution in [0, 0.1) is 17.0 Å². The summed E-state index contributed by atoms with van der Waals surface area (Å²) in [7, 11) is 0. The van der Waals surface area contributed by atoms with Crippen LogP contribution in [0.3, 0.4) is 0 Å². The molecule has 0 aromatic heterocycles. The zero-order valence-electron chi connectivity index (χ0n) is 11.1. The minimum absolute atomic E-state index is 0.0631. The normalized spacial score (nSPS) is 10.2. The molecule has 0 aliphatic carbocycles. The molecule has 0 unspecified atom stereocenters. The van der Waals surface area contributed by atoms with Crippen molar-refractivity contribution in [3.05, 3.63) is 62.7 Å². The van der Waals surface area contributed by atoms with E-state index in [2.05, 4.69) is 5.32 Å². The maximum atomic E-state index is 12.2. The van der Waals surface area contributed by atoms with Crippen molar-refractivity contribution in [2.24, 2.45) is 0 Å². The molecule has 7 heteroatoms. The van der Waals surface area contributed by atoms with E-state index in [0.717, 1.165) is 0 Å². The van der Waals surface area contributed by atoms with Crippen molar-refractivity contribution in [3.8, 4) is 0 Å². The highest BCUT2D eigenvalue weighted by atomic mass is 35.5. The van der Waals surface area contributed by atoms with Crippen molar-refractivity contribution in [2.45, 2.75) is 6.92 Å². The second-order valence-electron chi connectivity index (χ2n) is 4.39. The summed E-state index contributed by atoms with van der Waals surface area (Å²) in [4.78, 5) is 22.6. The van der Waals surface area contributed by atoms with Gasteiger partial charge in [0.15, 0.2) is 0 Å². The number of hydrogen-bond donors (Lipinski definition) is 2. The number of nitrogens with two attached hydrogens (primary N) is 1. The standard InChI is InChI=1S/C14H12ClN3O3/c1-8-12(3-2-4-13(8)18(20)21)17-14(19)10-7-9(15)5-6-11(10)16/h2-7H,16H2,1H3,(H,17,19). The van der Waals surface area contributed by atoms with E-state index in [1.807, 2.05) is 0 Å². The SMILES string of the molecule is Cc1c(NC(=O)c2cc(Cl)ccc2N)cccc1[N+](=O)[O-]. The molecule has 0 saturated heterocycles. The van der Waals surface area contributed by atoms with Gasteiger partial charge in [0.2, 0.25) is 0 Å². The fraction of sp³-hybridized carbons (Fsp3) is 0.0714. The van der Waals surface area contributed by atoms with Gasteiger partial charge in [0, 0.05) is 16.8 Å². The molecule has 0 aliphatic heterocycles. The van der Waals surface area contributed by atoms with Crippen molar-refractivity contribution in [1.29, 1.82) is 0 Å². The molecule has 0 fully saturated rings.